The third-order valence-corrected chi connectivity index (χ3v) is 6.36. The van der Waals surface area contributed by atoms with Crippen LogP contribution in [0.25, 0.3) is 5.76 Å². The highest BCUT2D eigenvalue weighted by Gasteiger charge is 2.46. The van der Waals surface area contributed by atoms with Gasteiger partial charge in [0.1, 0.15) is 11.5 Å². The zero-order valence-electron chi connectivity index (χ0n) is 20.1. The number of benzene rings is 2. The molecule has 0 bridgehead atoms. The summed E-state index contributed by atoms with van der Waals surface area (Å²) < 4.78 is 5.77. The number of likely N-dealkylation sites (N-methyl/N-ethyl adjacent to an activating group) is 1. The van der Waals surface area contributed by atoms with E-state index in [9.17, 15) is 14.7 Å². The maximum absolute atomic E-state index is 13.2. The van der Waals surface area contributed by atoms with Crippen LogP contribution in [-0.4, -0.2) is 60.4 Å². The van der Waals surface area contributed by atoms with Crippen LogP contribution in [0.3, 0.4) is 0 Å². The van der Waals surface area contributed by atoms with Crippen LogP contribution >= 0.6 is 23.2 Å². The first kappa shape index (κ1) is 26.1. The number of rotatable bonds is 8. The van der Waals surface area contributed by atoms with Gasteiger partial charge in [0, 0.05) is 18.7 Å². The van der Waals surface area contributed by atoms with Gasteiger partial charge in [-0.25, -0.2) is 0 Å². The number of carbonyl (C=O) groups excluding carboxylic acids is 2. The molecule has 0 spiro atoms. The molecule has 8 heteroatoms. The molecule has 1 amide bonds. The van der Waals surface area contributed by atoms with Gasteiger partial charge in [-0.2, -0.15) is 0 Å². The minimum atomic E-state index is -0.786. The summed E-state index contributed by atoms with van der Waals surface area (Å²) in [6.07, 6.45) is 0. The molecule has 1 heterocycles. The molecular weight excluding hydrogens is 475 g/mol. The van der Waals surface area contributed by atoms with E-state index in [4.69, 9.17) is 27.9 Å². The molecular formula is C26H30Cl2N2O4. The Labute approximate surface area is 210 Å². The Kier molecular flexibility index (Phi) is 8.29. The summed E-state index contributed by atoms with van der Waals surface area (Å²) >= 11 is 12.4. The van der Waals surface area contributed by atoms with Crippen LogP contribution in [0.4, 0.5) is 0 Å². The lowest BCUT2D eigenvalue weighted by atomic mass is 9.94. The van der Waals surface area contributed by atoms with E-state index in [1.807, 2.05) is 32.0 Å². The Balaban J connectivity index is 2.11. The van der Waals surface area contributed by atoms with Crippen LogP contribution in [0, 0.1) is 12.8 Å². The normalized spacial score (nSPS) is 17.8. The topological polar surface area (TPSA) is 70.1 Å². The fourth-order valence-corrected chi connectivity index (χ4v) is 4.15. The molecule has 0 aromatic heterocycles. The lowest BCUT2D eigenvalue weighted by molar-refractivity contribution is -0.140. The van der Waals surface area contributed by atoms with Gasteiger partial charge in [-0.05, 0) is 68.4 Å². The number of likely N-dealkylation sites (tertiary alicyclic amines) is 1. The number of amides is 1. The molecule has 1 fully saturated rings. The van der Waals surface area contributed by atoms with Crippen LogP contribution in [0.2, 0.25) is 10.0 Å². The number of carbonyl (C=O) groups is 2. The fourth-order valence-electron chi connectivity index (χ4n) is 3.85. The fraction of sp³-hybridized carbons (Fsp3) is 0.385. The van der Waals surface area contributed by atoms with E-state index in [0.717, 1.165) is 5.56 Å². The van der Waals surface area contributed by atoms with Crippen molar-refractivity contribution in [3.63, 3.8) is 0 Å². The Morgan fingerprint density at radius 1 is 1.12 bits per heavy atom. The van der Waals surface area contributed by atoms with Crippen LogP contribution in [0.5, 0.6) is 5.75 Å². The van der Waals surface area contributed by atoms with E-state index in [0.29, 0.717) is 52.5 Å². The van der Waals surface area contributed by atoms with E-state index < -0.39 is 17.7 Å². The first-order valence-corrected chi connectivity index (χ1v) is 11.9. The Bertz CT molecular complexity index is 1130. The van der Waals surface area contributed by atoms with Gasteiger partial charge < -0.3 is 19.6 Å². The predicted octanol–water partition coefficient (Wildman–Crippen LogP) is 5.32. The van der Waals surface area contributed by atoms with E-state index in [2.05, 4.69) is 13.8 Å². The van der Waals surface area contributed by atoms with Gasteiger partial charge >= 0.3 is 0 Å². The second-order valence-electron chi connectivity index (χ2n) is 9.15. The van der Waals surface area contributed by atoms with Crippen molar-refractivity contribution in [2.24, 2.45) is 5.92 Å². The molecule has 2 aromatic rings. The van der Waals surface area contributed by atoms with Crippen molar-refractivity contribution in [1.29, 1.82) is 0 Å². The Morgan fingerprint density at radius 2 is 1.82 bits per heavy atom. The lowest BCUT2D eigenvalue weighted by Crippen LogP contribution is -2.35. The zero-order valence-corrected chi connectivity index (χ0v) is 21.6. The molecule has 34 heavy (non-hydrogen) atoms. The van der Waals surface area contributed by atoms with Crippen LogP contribution < -0.4 is 4.74 Å². The number of aliphatic hydroxyl groups excluding tert-OH is 1. The average molecular weight is 505 g/mol. The highest BCUT2D eigenvalue weighted by Crippen LogP contribution is 2.41. The third-order valence-electron chi connectivity index (χ3n) is 5.62. The summed E-state index contributed by atoms with van der Waals surface area (Å²) in [6, 6.07) is 9.46. The molecule has 1 atom stereocenters. The zero-order chi connectivity index (χ0) is 25.2. The van der Waals surface area contributed by atoms with Gasteiger partial charge in [-0.3, -0.25) is 9.59 Å². The number of hydrogen-bond donors (Lipinski definition) is 1. The molecule has 3 rings (SSSR count). The summed E-state index contributed by atoms with van der Waals surface area (Å²) in [5.74, 6) is -0.566. The number of nitrogens with zero attached hydrogens (tertiary/aromatic N) is 2. The van der Waals surface area contributed by atoms with Gasteiger partial charge in [-0.15, -0.1) is 0 Å². The number of ketones is 1. The predicted molar refractivity (Wildman–Crippen MR) is 136 cm³/mol. The molecule has 6 nitrogen and oxygen atoms in total. The molecule has 1 saturated heterocycles. The average Bonchev–Trinajstić information content (AvgIpc) is 3.02. The Morgan fingerprint density at radius 3 is 2.41 bits per heavy atom. The van der Waals surface area contributed by atoms with Crippen molar-refractivity contribution in [3.8, 4) is 5.75 Å². The van der Waals surface area contributed by atoms with Gasteiger partial charge in [0.2, 0.25) is 0 Å². The van der Waals surface area contributed by atoms with Gasteiger partial charge in [0.05, 0.1) is 28.3 Å². The van der Waals surface area contributed by atoms with Crippen molar-refractivity contribution < 1.29 is 19.4 Å². The summed E-state index contributed by atoms with van der Waals surface area (Å²) in [6.45, 7) is 7.37. The molecule has 1 unspecified atom stereocenters. The number of ether oxygens (including phenoxy) is 1. The molecule has 0 aliphatic carbocycles. The maximum Gasteiger partial charge on any atom is 0.295 e. The third kappa shape index (κ3) is 5.57. The second-order valence-corrected chi connectivity index (χ2v) is 9.97. The highest BCUT2D eigenvalue weighted by molar-refractivity contribution is 6.47. The summed E-state index contributed by atoms with van der Waals surface area (Å²) in [5, 5.41) is 12.0. The van der Waals surface area contributed by atoms with Crippen LogP contribution in [0.1, 0.15) is 36.6 Å². The first-order chi connectivity index (χ1) is 16.0. The number of hydrogen-bond acceptors (Lipinski definition) is 5. The lowest BCUT2D eigenvalue weighted by Gasteiger charge is -2.27. The quantitative estimate of drug-likeness (QED) is 0.299. The summed E-state index contributed by atoms with van der Waals surface area (Å²) in [7, 11) is 3.77. The van der Waals surface area contributed by atoms with E-state index in [1.54, 1.807) is 30.3 Å². The van der Waals surface area contributed by atoms with Crippen LogP contribution in [-0.2, 0) is 9.59 Å². The molecule has 182 valence electrons. The number of Topliss-reactive ketones (excluding diaryl/α,β-unsaturated/α-hetero) is 1. The van der Waals surface area contributed by atoms with Gasteiger partial charge in [0.25, 0.3) is 11.7 Å². The van der Waals surface area contributed by atoms with E-state index >= 15 is 0 Å². The smallest absolute Gasteiger partial charge is 0.295 e. The maximum atomic E-state index is 13.2. The Hall–Kier alpha value is -2.54. The van der Waals surface area contributed by atoms with Crippen molar-refractivity contribution in [1.82, 2.24) is 9.80 Å². The first-order valence-electron chi connectivity index (χ1n) is 11.1. The molecule has 1 aliphatic heterocycles. The number of aryl methyl sites for hydroxylation is 1. The van der Waals surface area contributed by atoms with Crippen molar-refractivity contribution in [2.75, 3.05) is 33.8 Å². The molecule has 1 aliphatic rings. The largest absolute Gasteiger partial charge is 0.507 e. The van der Waals surface area contributed by atoms with Crippen LogP contribution in [0.15, 0.2) is 42.0 Å². The summed E-state index contributed by atoms with van der Waals surface area (Å²) in [4.78, 5) is 29.6. The summed E-state index contributed by atoms with van der Waals surface area (Å²) in [5.41, 5.74) is 1.82. The van der Waals surface area contributed by atoms with Crippen molar-refractivity contribution >= 4 is 40.7 Å². The highest BCUT2D eigenvalue weighted by atomic mass is 35.5. The molecule has 0 radical (unpaired) electrons. The minimum absolute atomic E-state index is 0.0288. The molecule has 0 saturated carbocycles. The monoisotopic (exact) mass is 504 g/mol. The van der Waals surface area contributed by atoms with Gasteiger partial charge in [0.15, 0.2) is 0 Å². The van der Waals surface area contributed by atoms with E-state index in [-0.39, 0.29) is 11.3 Å². The standard InChI is InChI=1S/C26H30Cl2N2O4/c1-15(2)14-34-18-7-8-19(16(3)12-18)24(31)22-23(17-6-9-20(27)21(28)13-17)30(11-10-29(4)5)26(33)25(22)32/h6-9,12-13,15,23,31H,10-11,14H2,1-5H3. The number of halogens is 2. The second kappa shape index (κ2) is 10.8. The minimum Gasteiger partial charge on any atom is -0.507 e. The van der Waals surface area contributed by atoms with Crippen molar-refractivity contribution in [3.05, 3.63) is 68.7 Å². The number of aliphatic hydroxyl groups is 1. The van der Waals surface area contributed by atoms with Gasteiger partial charge in [-0.1, -0.05) is 43.1 Å². The SMILES string of the molecule is Cc1cc(OCC(C)C)ccc1C(O)=C1C(=O)C(=O)N(CCN(C)C)C1c1ccc(Cl)c(Cl)c1. The van der Waals surface area contributed by atoms with Crippen molar-refractivity contribution in [2.45, 2.75) is 26.8 Å². The molecule has 1 N–H and O–H groups in total. The molecule has 2 aromatic carbocycles. The van der Waals surface area contributed by atoms with E-state index in [1.165, 1.54) is 4.90 Å².